The highest BCUT2D eigenvalue weighted by Gasteiger charge is 2.29. The summed E-state index contributed by atoms with van der Waals surface area (Å²) in [7, 11) is 0.400. The molecule has 2 unspecified atom stereocenters. The number of alkyl halides is 1. The minimum atomic E-state index is -1.49. The molecule has 0 aliphatic carbocycles. The molecule has 0 amide bonds. The number of likely N-dealkylation sites (tertiary alicyclic amines) is 1. The second kappa shape index (κ2) is 5.69. The average molecular weight is 253 g/mol. The van der Waals surface area contributed by atoms with Crippen molar-refractivity contribution in [3.8, 4) is 5.75 Å². The molecule has 1 aromatic rings. The van der Waals surface area contributed by atoms with Crippen LogP contribution >= 0.6 is 0 Å². The first kappa shape index (κ1) is 13.3. The second-order valence-electron chi connectivity index (χ2n) is 4.67. The zero-order valence-electron chi connectivity index (χ0n) is 10.3. The molecule has 6 heteroatoms. The van der Waals surface area contributed by atoms with E-state index in [0.29, 0.717) is 24.2 Å². The molecule has 1 fully saturated rings. The molecular formula is C12H17BFNO3. The molecule has 0 radical (unpaired) electrons. The van der Waals surface area contributed by atoms with Gasteiger partial charge in [0.1, 0.15) is 18.0 Å². The van der Waals surface area contributed by atoms with E-state index in [1.807, 2.05) is 11.9 Å². The van der Waals surface area contributed by atoms with Gasteiger partial charge >= 0.3 is 7.12 Å². The van der Waals surface area contributed by atoms with Crippen molar-refractivity contribution in [3.63, 3.8) is 0 Å². The van der Waals surface area contributed by atoms with E-state index in [-0.39, 0.29) is 0 Å². The molecule has 98 valence electrons. The molecule has 2 N–H and O–H groups in total. The summed E-state index contributed by atoms with van der Waals surface area (Å²) in [5.41, 5.74) is 0.391. The van der Waals surface area contributed by atoms with E-state index in [9.17, 15) is 4.39 Å². The molecule has 1 saturated heterocycles. The number of halogens is 1. The molecule has 1 aromatic carbocycles. The summed E-state index contributed by atoms with van der Waals surface area (Å²) in [6.07, 6.45) is -0.764. The number of ether oxygens (including phenoxy) is 1. The van der Waals surface area contributed by atoms with Crippen molar-refractivity contribution < 1.29 is 19.2 Å². The summed E-state index contributed by atoms with van der Waals surface area (Å²) < 4.78 is 19.3. The van der Waals surface area contributed by atoms with Gasteiger partial charge in [-0.2, -0.15) is 0 Å². The summed E-state index contributed by atoms with van der Waals surface area (Å²) in [5, 5.41) is 17.9. The predicted molar refractivity (Wildman–Crippen MR) is 67.7 cm³/mol. The SMILES string of the molecule is CN1CCC(Oc2ccc(B(O)O)cc2)C(F)C1. The van der Waals surface area contributed by atoms with Crippen LogP contribution in [0.5, 0.6) is 5.75 Å². The van der Waals surface area contributed by atoms with Crippen LogP contribution in [0.25, 0.3) is 0 Å². The fraction of sp³-hybridized carbons (Fsp3) is 0.500. The minimum absolute atomic E-state index is 0.387. The molecule has 18 heavy (non-hydrogen) atoms. The lowest BCUT2D eigenvalue weighted by Gasteiger charge is -2.32. The normalized spacial score (nSPS) is 24.9. The molecule has 2 rings (SSSR count). The van der Waals surface area contributed by atoms with Crippen LogP contribution in [0, 0.1) is 0 Å². The molecule has 2 atom stereocenters. The summed E-state index contributed by atoms with van der Waals surface area (Å²) in [6.45, 7) is 1.20. The van der Waals surface area contributed by atoms with Crippen LogP contribution in [-0.2, 0) is 0 Å². The Morgan fingerprint density at radius 3 is 2.56 bits per heavy atom. The van der Waals surface area contributed by atoms with E-state index in [4.69, 9.17) is 14.8 Å². The number of piperidine rings is 1. The lowest BCUT2D eigenvalue weighted by atomic mass is 9.80. The third-order valence-corrected chi connectivity index (χ3v) is 3.15. The fourth-order valence-electron chi connectivity index (χ4n) is 2.06. The Morgan fingerprint density at radius 2 is 2.00 bits per heavy atom. The maximum absolute atomic E-state index is 13.7. The van der Waals surface area contributed by atoms with Gasteiger partial charge in [-0.05, 0) is 31.1 Å². The van der Waals surface area contributed by atoms with Crippen LogP contribution in [0.3, 0.4) is 0 Å². The van der Waals surface area contributed by atoms with Gasteiger partial charge in [-0.25, -0.2) is 4.39 Å². The van der Waals surface area contributed by atoms with Crippen molar-refractivity contribution in [1.82, 2.24) is 4.90 Å². The topological polar surface area (TPSA) is 52.9 Å². The molecule has 1 heterocycles. The van der Waals surface area contributed by atoms with Gasteiger partial charge in [-0.3, -0.25) is 0 Å². The first-order valence-corrected chi connectivity index (χ1v) is 6.01. The second-order valence-corrected chi connectivity index (χ2v) is 4.67. The van der Waals surface area contributed by atoms with E-state index in [2.05, 4.69) is 0 Å². The van der Waals surface area contributed by atoms with E-state index < -0.39 is 19.4 Å². The highest BCUT2D eigenvalue weighted by Crippen LogP contribution is 2.19. The van der Waals surface area contributed by atoms with Crippen LogP contribution in [0.1, 0.15) is 6.42 Å². The summed E-state index contributed by atoms with van der Waals surface area (Å²) in [6, 6.07) is 6.37. The Labute approximate surface area is 106 Å². The Hall–Kier alpha value is -1.11. The van der Waals surface area contributed by atoms with E-state index in [0.717, 1.165) is 6.54 Å². The van der Waals surface area contributed by atoms with Crippen molar-refractivity contribution in [2.75, 3.05) is 20.1 Å². The molecule has 0 spiro atoms. The van der Waals surface area contributed by atoms with Crippen molar-refractivity contribution in [3.05, 3.63) is 24.3 Å². The third-order valence-electron chi connectivity index (χ3n) is 3.15. The van der Waals surface area contributed by atoms with Gasteiger partial charge in [-0.1, -0.05) is 12.1 Å². The van der Waals surface area contributed by atoms with Gasteiger partial charge in [0, 0.05) is 13.1 Å². The minimum Gasteiger partial charge on any atom is -0.487 e. The first-order chi connectivity index (χ1) is 8.56. The molecule has 0 bridgehead atoms. The van der Waals surface area contributed by atoms with Crippen molar-refractivity contribution >= 4 is 12.6 Å². The van der Waals surface area contributed by atoms with Gasteiger partial charge in [0.2, 0.25) is 0 Å². The summed E-state index contributed by atoms with van der Waals surface area (Å²) in [5.74, 6) is 0.552. The van der Waals surface area contributed by atoms with Crippen molar-refractivity contribution in [2.24, 2.45) is 0 Å². The number of nitrogens with zero attached hydrogens (tertiary/aromatic N) is 1. The van der Waals surface area contributed by atoms with Crippen molar-refractivity contribution in [2.45, 2.75) is 18.7 Å². The van der Waals surface area contributed by atoms with Crippen LogP contribution in [0.4, 0.5) is 4.39 Å². The number of benzene rings is 1. The first-order valence-electron chi connectivity index (χ1n) is 6.01. The molecule has 4 nitrogen and oxygen atoms in total. The summed E-state index contributed by atoms with van der Waals surface area (Å²) in [4.78, 5) is 1.94. The Kier molecular flexibility index (Phi) is 4.21. The highest BCUT2D eigenvalue weighted by atomic mass is 19.1. The van der Waals surface area contributed by atoms with Gasteiger partial charge in [-0.15, -0.1) is 0 Å². The lowest BCUT2D eigenvalue weighted by Crippen LogP contribution is -2.45. The highest BCUT2D eigenvalue weighted by molar-refractivity contribution is 6.58. The molecular weight excluding hydrogens is 236 g/mol. The van der Waals surface area contributed by atoms with Crippen LogP contribution in [0.15, 0.2) is 24.3 Å². The molecule has 1 aliphatic rings. The molecule has 0 saturated carbocycles. The number of hydrogen-bond acceptors (Lipinski definition) is 4. The average Bonchev–Trinajstić information content (AvgIpc) is 2.33. The van der Waals surface area contributed by atoms with Crippen LogP contribution in [0.2, 0.25) is 0 Å². The fourth-order valence-corrected chi connectivity index (χ4v) is 2.06. The monoisotopic (exact) mass is 253 g/mol. The van der Waals surface area contributed by atoms with E-state index >= 15 is 0 Å². The van der Waals surface area contributed by atoms with Crippen molar-refractivity contribution in [1.29, 1.82) is 0 Å². The van der Waals surface area contributed by atoms with Gasteiger partial charge in [0.25, 0.3) is 0 Å². The van der Waals surface area contributed by atoms with Gasteiger partial charge in [0.15, 0.2) is 0 Å². The quantitative estimate of drug-likeness (QED) is 0.732. The summed E-state index contributed by atoms with van der Waals surface area (Å²) >= 11 is 0. The van der Waals surface area contributed by atoms with Crippen LogP contribution in [-0.4, -0.2) is 54.5 Å². The number of hydrogen-bond donors (Lipinski definition) is 2. The van der Waals surface area contributed by atoms with Gasteiger partial charge < -0.3 is 19.7 Å². The van der Waals surface area contributed by atoms with Gasteiger partial charge in [0.05, 0.1) is 0 Å². The largest absolute Gasteiger partial charge is 0.488 e. The number of rotatable bonds is 3. The zero-order chi connectivity index (χ0) is 13.1. The lowest BCUT2D eigenvalue weighted by molar-refractivity contribution is 0.0313. The van der Waals surface area contributed by atoms with Crippen LogP contribution < -0.4 is 10.2 Å². The third kappa shape index (κ3) is 3.22. The Morgan fingerprint density at radius 1 is 1.33 bits per heavy atom. The Balaban J connectivity index is 1.96. The molecule has 0 aromatic heterocycles. The standard InChI is InChI=1S/C12H17BFNO3/c1-15-7-6-12(11(14)8-15)18-10-4-2-9(3-5-10)13(16)17/h2-5,11-12,16-17H,6-8H2,1H3. The zero-order valence-corrected chi connectivity index (χ0v) is 10.3. The van der Waals surface area contributed by atoms with E-state index in [1.165, 1.54) is 0 Å². The van der Waals surface area contributed by atoms with E-state index in [1.54, 1.807) is 24.3 Å². The maximum Gasteiger partial charge on any atom is 0.488 e. The molecule has 1 aliphatic heterocycles. The smallest absolute Gasteiger partial charge is 0.487 e. The Bertz CT molecular complexity index is 387. The predicted octanol–water partition coefficient (Wildman–Crippen LogP) is -0.213. The maximum atomic E-state index is 13.7.